The molecule has 0 saturated carbocycles. The smallest absolute Gasteiger partial charge is 0.363 e. The van der Waals surface area contributed by atoms with Gasteiger partial charge >= 0.3 is 6.18 Å². The topological polar surface area (TPSA) is 59.0 Å². The summed E-state index contributed by atoms with van der Waals surface area (Å²) in [4.78, 5) is 12.7. The SMILES string of the molecule is Cc1ccc([C@@H]2C[C@@H](C(F)(F)F)n3nc(C(=O)Nc4cccc(Cl)c4C)cc3N2)cc1. The number of hydrogen-bond acceptors (Lipinski definition) is 3. The number of carbonyl (C=O) groups is 1. The highest BCUT2D eigenvalue weighted by Crippen LogP contribution is 2.43. The van der Waals surface area contributed by atoms with Crippen LogP contribution in [0.25, 0.3) is 0 Å². The van der Waals surface area contributed by atoms with Crippen molar-refractivity contribution in [2.75, 3.05) is 10.6 Å². The summed E-state index contributed by atoms with van der Waals surface area (Å²) in [6.45, 7) is 3.65. The van der Waals surface area contributed by atoms with Crippen LogP contribution in [-0.4, -0.2) is 21.9 Å². The number of halogens is 4. The molecular formula is C22H20ClF3N4O. The Morgan fingerprint density at radius 3 is 2.58 bits per heavy atom. The molecule has 0 saturated heterocycles. The Hall–Kier alpha value is -3.00. The molecule has 2 atom stereocenters. The molecule has 1 aliphatic rings. The predicted octanol–water partition coefficient (Wildman–Crippen LogP) is 6.07. The largest absolute Gasteiger partial charge is 0.410 e. The quantitative estimate of drug-likeness (QED) is 0.511. The van der Waals surface area contributed by atoms with Gasteiger partial charge in [0.15, 0.2) is 11.7 Å². The lowest BCUT2D eigenvalue weighted by molar-refractivity contribution is -0.173. The maximum Gasteiger partial charge on any atom is 0.410 e. The zero-order valence-corrected chi connectivity index (χ0v) is 17.6. The molecule has 2 aromatic carbocycles. The molecule has 2 heterocycles. The highest BCUT2D eigenvalue weighted by atomic mass is 35.5. The van der Waals surface area contributed by atoms with Gasteiger partial charge in [-0.1, -0.05) is 47.5 Å². The molecule has 1 aromatic heterocycles. The molecule has 0 bridgehead atoms. The summed E-state index contributed by atoms with van der Waals surface area (Å²) >= 11 is 6.07. The van der Waals surface area contributed by atoms with Crippen molar-refractivity contribution >= 4 is 29.0 Å². The van der Waals surface area contributed by atoms with Gasteiger partial charge in [0, 0.05) is 23.2 Å². The number of anilines is 2. The van der Waals surface area contributed by atoms with Crippen molar-refractivity contribution in [3.8, 4) is 0 Å². The third kappa shape index (κ3) is 4.25. The fourth-order valence-corrected chi connectivity index (χ4v) is 3.81. The lowest BCUT2D eigenvalue weighted by Gasteiger charge is -2.33. The minimum absolute atomic E-state index is 0.110. The first kappa shape index (κ1) is 21.2. The van der Waals surface area contributed by atoms with E-state index in [4.69, 9.17) is 11.6 Å². The lowest BCUT2D eigenvalue weighted by Crippen LogP contribution is -2.35. The summed E-state index contributed by atoms with van der Waals surface area (Å²) in [6, 6.07) is 11.3. The zero-order chi connectivity index (χ0) is 22.3. The van der Waals surface area contributed by atoms with Crippen LogP contribution in [0.3, 0.4) is 0 Å². The molecule has 31 heavy (non-hydrogen) atoms. The Morgan fingerprint density at radius 1 is 1.19 bits per heavy atom. The molecule has 4 rings (SSSR count). The maximum absolute atomic E-state index is 13.8. The number of fused-ring (bicyclic) bond motifs is 1. The number of hydrogen-bond donors (Lipinski definition) is 2. The van der Waals surface area contributed by atoms with Crippen LogP contribution < -0.4 is 10.6 Å². The minimum atomic E-state index is -4.51. The molecule has 0 fully saturated rings. The van der Waals surface area contributed by atoms with E-state index in [0.717, 1.165) is 15.8 Å². The van der Waals surface area contributed by atoms with Gasteiger partial charge in [0.2, 0.25) is 0 Å². The van der Waals surface area contributed by atoms with E-state index in [2.05, 4.69) is 15.7 Å². The Morgan fingerprint density at radius 2 is 1.90 bits per heavy atom. The average Bonchev–Trinajstić information content (AvgIpc) is 3.14. The van der Waals surface area contributed by atoms with Gasteiger partial charge in [-0.2, -0.15) is 18.3 Å². The van der Waals surface area contributed by atoms with E-state index in [0.29, 0.717) is 16.3 Å². The van der Waals surface area contributed by atoms with Crippen molar-refractivity contribution < 1.29 is 18.0 Å². The first-order valence-corrected chi connectivity index (χ1v) is 10.1. The monoisotopic (exact) mass is 448 g/mol. The normalized spacial score (nSPS) is 18.3. The Bertz CT molecular complexity index is 1120. The summed E-state index contributed by atoms with van der Waals surface area (Å²) in [7, 11) is 0. The average molecular weight is 449 g/mol. The summed E-state index contributed by atoms with van der Waals surface area (Å²) in [6.07, 6.45) is -4.74. The second kappa shape index (κ2) is 7.92. The number of nitrogens with zero attached hydrogens (tertiary/aromatic N) is 2. The molecule has 3 aromatic rings. The van der Waals surface area contributed by atoms with Gasteiger partial charge in [0.25, 0.3) is 5.91 Å². The van der Waals surface area contributed by atoms with E-state index in [1.54, 1.807) is 25.1 Å². The van der Waals surface area contributed by atoms with Crippen molar-refractivity contribution in [3.63, 3.8) is 0 Å². The van der Waals surface area contributed by atoms with Crippen molar-refractivity contribution in [3.05, 3.63) is 75.9 Å². The van der Waals surface area contributed by atoms with Crippen molar-refractivity contribution in [1.82, 2.24) is 9.78 Å². The number of amides is 1. The molecule has 5 nitrogen and oxygen atoms in total. The number of rotatable bonds is 3. The van der Waals surface area contributed by atoms with Crippen LogP contribution in [0.2, 0.25) is 5.02 Å². The van der Waals surface area contributed by atoms with Crippen LogP contribution in [0.1, 0.15) is 45.7 Å². The fourth-order valence-electron chi connectivity index (χ4n) is 3.63. The standard InChI is InChI=1S/C22H20ClF3N4O/c1-12-6-8-14(9-7-12)17-10-19(22(24,25)26)30-20(27-17)11-18(29-30)21(31)28-16-5-3-4-15(23)13(16)2/h3-9,11,17,19,27H,10H2,1-2H3,(H,28,31)/t17-,19-/m0/s1. The number of benzene rings is 2. The van der Waals surface area contributed by atoms with Crippen LogP contribution in [0.15, 0.2) is 48.5 Å². The third-order valence-corrected chi connectivity index (χ3v) is 5.83. The van der Waals surface area contributed by atoms with Crippen LogP contribution in [0, 0.1) is 13.8 Å². The van der Waals surface area contributed by atoms with Crippen LogP contribution in [0.5, 0.6) is 0 Å². The van der Waals surface area contributed by atoms with Crippen LogP contribution in [-0.2, 0) is 0 Å². The zero-order valence-electron chi connectivity index (χ0n) is 16.8. The van der Waals surface area contributed by atoms with Crippen molar-refractivity contribution in [1.29, 1.82) is 0 Å². The number of nitrogens with one attached hydrogen (secondary N) is 2. The van der Waals surface area contributed by atoms with Gasteiger partial charge in [-0.3, -0.25) is 4.79 Å². The van der Waals surface area contributed by atoms with Gasteiger partial charge in [-0.15, -0.1) is 0 Å². The van der Waals surface area contributed by atoms with Gasteiger partial charge < -0.3 is 10.6 Å². The first-order valence-electron chi connectivity index (χ1n) is 9.69. The Labute approximate surface area is 182 Å². The van der Waals surface area contributed by atoms with E-state index in [1.807, 2.05) is 31.2 Å². The summed E-state index contributed by atoms with van der Waals surface area (Å²) in [5.41, 5.74) is 2.79. The highest BCUT2D eigenvalue weighted by Gasteiger charge is 2.46. The Balaban J connectivity index is 1.65. The second-order valence-corrected chi connectivity index (χ2v) is 8.03. The lowest BCUT2D eigenvalue weighted by atomic mass is 9.96. The molecule has 0 radical (unpaired) electrons. The molecule has 0 spiro atoms. The van der Waals surface area contributed by atoms with Crippen LogP contribution >= 0.6 is 11.6 Å². The van der Waals surface area contributed by atoms with Crippen molar-refractivity contribution in [2.24, 2.45) is 0 Å². The molecule has 162 valence electrons. The van der Waals surface area contributed by atoms with E-state index in [1.165, 1.54) is 6.07 Å². The van der Waals surface area contributed by atoms with Gasteiger partial charge in [-0.25, -0.2) is 4.68 Å². The first-order chi connectivity index (χ1) is 14.6. The summed E-state index contributed by atoms with van der Waals surface area (Å²) < 4.78 is 42.3. The second-order valence-electron chi connectivity index (χ2n) is 7.63. The summed E-state index contributed by atoms with van der Waals surface area (Å²) in [5.74, 6) is -0.464. The Kier molecular flexibility index (Phi) is 5.43. The van der Waals surface area contributed by atoms with E-state index < -0.39 is 24.2 Å². The van der Waals surface area contributed by atoms with Gasteiger partial charge in [0.1, 0.15) is 5.82 Å². The number of alkyl halides is 3. The maximum atomic E-state index is 13.8. The van der Waals surface area contributed by atoms with Gasteiger partial charge in [0.05, 0.1) is 6.04 Å². The molecule has 0 aliphatic carbocycles. The van der Waals surface area contributed by atoms with Crippen LogP contribution in [0.4, 0.5) is 24.7 Å². The molecule has 1 amide bonds. The van der Waals surface area contributed by atoms with E-state index in [-0.39, 0.29) is 17.9 Å². The molecule has 2 N–H and O–H groups in total. The van der Waals surface area contributed by atoms with E-state index >= 15 is 0 Å². The molecule has 9 heteroatoms. The molecular weight excluding hydrogens is 429 g/mol. The fraction of sp³-hybridized carbons (Fsp3) is 0.273. The van der Waals surface area contributed by atoms with E-state index in [9.17, 15) is 18.0 Å². The molecule has 0 unspecified atom stereocenters. The molecule has 1 aliphatic heterocycles. The van der Waals surface area contributed by atoms with Gasteiger partial charge in [-0.05, 0) is 37.1 Å². The number of aromatic nitrogens is 2. The number of aryl methyl sites for hydroxylation is 1. The minimum Gasteiger partial charge on any atom is -0.363 e. The summed E-state index contributed by atoms with van der Waals surface area (Å²) in [5, 5.41) is 10.2. The predicted molar refractivity (Wildman–Crippen MR) is 114 cm³/mol. The third-order valence-electron chi connectivity index (χ3n) is 5.42. The van der Waals surface area contributed by atoms with Crippen molar-refractivity contribution in [2.45, 2.75) is 38.5 Å². The highest BCUT2D eigenvalue weighted by molar-refractivity contribution is 6.31. The number of carbonyl (C=O) groups excluding carboxylic acids is 1.